The van der Waals surface area contributed by atoms with E-state index in [0.717, 1.165) is 0 Å². The average Bonchev–Trinajstić information content (AvgIpc) is 3.09. The van der Waals surface area contributed by atoms with E-state index in [4.69, 9.17) is 19.3 Å². The Bertz CT molecular complexity index is 749. The molecule has 1 aliphatic heterocycles. The zero-order valence-electron chi connectivity index (χ0n) is 16.0. The SMILES string of the molecule is COC(OC1C[C@H](n2cc(C)c(=O)[nH]c2=O)OC1CO)C(O)C(O)C(C)CO. The number of nitrogens with one attached hydrogen (secondary N) is 1. The van der Waals surface area contributed by atoms with Crippen LogP contribution in [0.5, 0.6) is 0 Å². The fourth-order valence-corrected chi connectivity index (χ4v) is 3.03. The van der Waals surface area contributed by atoms with Gasteiger partial charge in [0.2, 0.25) is 0 Å². The fourth-order valence-electron chi connectivity index (χ4n) is 3.03. The summed E-state index contributed by atoms with van der Waals surface area (Å²) in [5.74, 6) is -0.611. The average molecular weight is 404 g/mol. The molecule has 0 amide bonds. The minimum Gasteiger partial charge on any atom is -0.396 e. The first kappa shape index (κ1) is 22.7. The quantitative estimate of drug-likeness (QED) is 0.288. The number of H-pyrrole nitrogens is 1. The highest BCUT2D eigenvalue weighted by molar-refractivity contribution is 5.02. The summed E-state index contributed by atoms with van der Waals surface area (Å²) in [5, 5.41) is 39.1. The monoisotopic (exact) mass is 404 g/mol. The van der Waals surface area contributed by atoms with Crippen molar-refractivity contribution in [1.82, 2.24) is 9.55 Å². The maximum Gasteiger partial charge on any atom is 0.330 e. The largest absolute Gasteiger partial charge is 0.396 e. The van der Waals surface area contributed by atoms with Gasteiger partial charge in [-0.1, -0.05) is 6.92 Å². The molecule has 0 radical (unpaired) electrons. The summed E-state index contributed by atoms with van der Waals surface area (Å²) in [6.45, 7) is 2.34. The van der Waals surface area contributed by atoms with Gasteiger partial charge in [0.1, 0.15) is 18.4 Å². The molecule has 1 saturated heterocycles. The summed E-state index contributed by atoms with van der Waals surface area (Å²) in [4.78, 5) is 25.8. The molecule has 2 heterocycles. The van der Waals surface area contributed by atoms with Gasteiger partial charge in [0, 0.05) is 37.8 Å². The highest BCUT2D eigenvalue weighted by Crippen LogP contribution is 2.31. The number of rotatable bonds is 9. The van der Waals surface area contributed by atoms with Crippen LogP contribution in [0, 0.1) is 12.8 Å². The topological polar surface area (TPSA) is 163 Å². The minimum atomic E-state index is -1.46. The number of aromatic amines is 1. The Morgan fingerprint density at radius 2 is 2.00 bits per heavy atom. The van der Waals surface area contributed by atoms with Crippen LogP contribution in [0.2, 0.25) is 0 Å². The van der Waals surface area contributed by atoms with E-state index in [2.05, 4.69) is 4.98 Å². The summed E-state index contributed by atoms with van der Waals surface area (Å²) >= 11 is 0. The highest BCUT2D eigenvalue weighted by Gasteiger charge is 2.41. The Labute approximate surface area is 161 Å². The number of methoxy groups -OCH3 is 1. The minimum absolute atomic E-state index is 0.134. The number of aromatic nitrogens is 2. The van der Waals surface area contributed by atoms with Crippen molar-refractivity contribution < 1.29 is 34.6 Å². The van der Waals surface area contributed by atoms with E-state index in [1.54, 1.807) is 13.8 Å². The van der Waals surface area contributed by atoms with Gasteiger partial charge in [-0.05, 0) is 6.92 Å². The predicted octanol–water partition coefficient (Wildman–Crippen LogP) is -2.17. The number of aliphatic hydroxyl groups excluding tert-OH is 4. The molecular formula is C17H28N2O9. The normalized spacial score (nSPS) is 26.8. The summed E-state index contributed by atoms with van der Waals surface area (Å²) in [6.07, 6.45) is -4.90. The number of aryl methyl sites for hydroxylation is 1. The molecule has 11 heteroatoms. The molecule has 0 bridgehead atoms. The third-order valence-corrected chi connectivity index (χ3v) is 4.86. The molecule has 11 nitrogen and oxygen atoms in total. The van der Waals surface area contributed by atoms with Crippen LogP contribution in [0.25, 0.3) is 0 Å². The molecule has 1 fully saturated rings. The Hall–Kier alpha value is -1.60. The lowest BCUT2D eigenvalue weighted by molar-refractivity contribution is -0.235. The fraction of sp³-hybridized carbons (Fsp3) is 0.765. The molecule has 5 N–H and O–H groups in total. The Morgan fingerprint density at radius 3 is 2.57 bits per heavy atom. The predicted molar refractivity (Wildman–Crippen MR) is 95.6 cm³/mol. The summed E-state index contributed by atoms with van der Waals surface area (Å²) in [7, 11) is 1.28. The van der Waals surface area contributed by atoms with Gasteiger partial charge in [-0.2, -0.15) is 0 Å². The third-order valence-electron chi connectivity index (χ3n) is 4.86. The Kier molecular flexibility index (Phi) is 7.89. The molecule has 6 unspecified atom stereocenters. The van der Waals surface area contributed by atoms with Crippen molar-refractivity contribution in [1.29, 1.82) is 0 Å². The van der Waals surface area contributed by atoms with Gasteiger partial charge < -0.3 is 34.6 Å². The number of hydrogen-bond acceptors (Lipinski definition) is 9. The Morgan fingerprint density at radius 1 is 1.32 bits per heavy atom. The van der Waals surface area contributed by atoms with Crippen LogP contribution in [0.1, 0.15) is 25.1 Å². The molecule has 2 rings (SSSR count). The van der Waals surface area contributed by atoms with Gasteiger partial charge in [0.05, 0.1) is 18.8 Å². The van der Waals surface area contributed by atoms with Crippen molar-refractivity contribution >= 4 is 0 Å². The molecular weight excluding hydrogens is 376 g/mol. The first-order valence-electron chi connectivity index (χ1n) is 8.97. The second-order valence-corrected chi connectivity index (χ2v) is 6.95. The maximum atomic E-state index is 12.1. The van der Waals surface area contributed by atoms with E-state index in [9.17, 15) is 24.9 Å². The molecule has 0 saturated carbocycles. The van der Waals surface area contributed by atoms with E-state index in [1.165, 1.54) is 17.9 Å². The van der Waals surface area contributed by atoms with Crippen LogP contribution < -0.4 is 11.2 Å². The maximum absolute atomic E-state index is 12.1. The molecule has 0 spiro atoms. The van der Waals surface area contributed by atoms with E-state index in [1.807, 2.05) is 0 Å². The van der Waals surface area contributed by atoms with Crippen molar-refractivity contribution in [3.63, 3.8) is 0 Å². The van der Waals surface area contributed by atoms with E-state index in [0.29, 0.717) is 5.56 Å². The molecule has 7 atom stereocenters. The summed E-state index contributed by atoms with van der Waals surface area (Å²) in [5.41, 5.74) is -0.840. The lowest BCUT2D eigenvalue weighted by Crippen LogP contribution is -2.46. The van der Waals surface area contributed by atoms with Crippen molar-refractivity contribution in [2.75, 3.05) is 20.3 Å². The first-order chi connectivity index (χ1) is 13.2. The summed E-state index contributed by atoms with van der Waals surface area (Å²) < 4.78 is 17.7. The van der Waals surface area contributed by atoms with Crippen molar-refractivity contribution in [3.8, 4) is 0 Å². The van der Waals surface area contributed by atoms with Crippen LogP contribution in [0.3, 0.4) is 0 Å². The second kappa shape index (κ2) is 9.74. The molecule has 0 aromatic carbocycles. The lowest BCUT2D eigenvalue weighted by Gasteiger charge is -2.31. The lowest BCUT2D eigenvalue weighted by atomic mass is 10.00. The number of nitrogens with zero attached hydrogens (tertiary/aromatic N) is 1. The van der Waals surface area contributed by atoms with Crippen molar-refractivity contribution in [2.24, 2.45) is 5.92 Å². The van der Waals surface area contributed by atoms with Gasteiger partial charge in [-0.25, -0.2) is 4.79 Å². The van der Waals surface area contributed by atoms with Crippen molar-refractivity contribution in [3.05, 3.63) is 32.6 Å². The van der Waals surface area contributed by atoms with E-state index >= 15 is 0 Å². The smallest absolute Gasteiger partial charge is 0.330 e. The van der Waals surface area contributed by atoms with Gasteiger partial charge in [0.25, 0.3) is 5.56 Å². The Balaban J connectivity index is 2.16. The van der Waals surface area contributed by atoms with Gasteiger partial charge >= 0.3 is 5.69 Å². The van der Waals surface area contributed by atoms with Crippen LogP contribution >= 0.6 is 0 Å². The number of aliphatic hydroxyl groups is 4. The second-order valence-electron chi connectivity index (χ2n) is 6.95. The van der Waals surface area contributed by atoms with E-state index < -0.39 is 60.7 Å². The number of hydrogen-bond donors (Lipinski definition) is 5. The highest BCUT2D eigenvalue weighted by atomic mass is 16.7. The van der Waals surface area contributed by atoms with Gasteiger partial charge in [-0.3, -0.25) is 14.3 Å². The summed E-state index contributed by atoms with van der Waals surface area (Å²) in [6, 6.07) is 0. The number of ether oxygens (including phenoxy) is 3. The van der Waals surface area contributed by atoms with Gasteiger partial charge in [-0.15, -0.1) is 0 Å². The zero-order valence-corrected chi connectivity index (χ0v) is 16.0. The van der Waals surface area contributed by atoms with Crippen LogP contribution in [-0.4, -0.2) is 81.0 Å². The molecule has 28 heavy (non-hydrogen) atoms. The van der Waals surface area contributed by atoms with E-state index in [-0.39, 0.29) is 13.0 Å². The molecule has 0 aliphatic carbocycles. The standard InChI is InChI=1S/C17H28N2O9/c1-8-5-19(17(25)18-15(8)24)12-4-10(11(7-21)27-12)28-16(26-3)14(23)13(22)9(2)6-20/h5,9-14,16,20-23H,4,6-7H2,1-3H3,(H,18,24,25)/t9?,10?,11?,12-,13?,14?,16?/m1/s1. The molecule has 1 aliphatic rings. The van der Waals surface area contributed by atoms with Gasteiger partial charge in [0.15, 0.2) is 6.29 Å². The van der Waals surface area contributed by atoms with Crippen molar-refractivity contribution in [2.45, 2.75) is 57.2 Å². The molecule has 1 aromatic rings. The van der Waals surface area contributed by atoms with Crippen LogP contribution in [0.15, 0.2) is 15.8 Å². The third kappa shape index (κ3) is 4.87. The first-order valence-corrected chi connectivity index (χ1v) is 8.97. The van der Waals surface area contributed by atoms with Crippen LogP contribution in [0.4, 0.5) is 0 Å². The van der Waals surface area contributed by atoms with Crippen LogP contribution in [-0.2, 0) is 14.2 Å². The molecule has 160 valence electrons. The molecule has 1 aromatic heterocycles. The zero-order chi connectivity index (χ0) is 21.0.